The Bertz CT molecular complexity index is 1040. The molecule has 1 unspecified atom stereocenters. The van der Waals surface area contributed by atoms with Gasteiger partial charge in [0.1, 0.15) is 16.9 Å². The Morgan fingerprint density at radius 3 is 2.68 bits per heavy atom. The Kier molecular flexibility index (Phi) is 8.21. The summed E-state index contributed by atoms with van der Waals surface area (Å²) < 4.78 is 6.97. The molecule has 6 nitrogen and oxygen atoms in total. The number of carbonyl (C=O) groups excluding carboxylic acids is 1. The van der Waals surface area contributed by atoms with Crippen LogP contribution in [0, 0.1) is 12.3 Å². The first kappa shape index (κ1) is 24.4. The monoisotopic (exact) mass is 460 g/mol. The molecular weight excluding hydrogens is 435 g/mol. The standard InChI is InChI=1S/C23H26Cl2N4O2/c1-7-16(24)12-17(25)11-15(2)26-22(30)27-21-14-20(23(3,4)5)28-29(21)18-9-8-10-19(13-18)31-6/h1,8-14,16H,2-6H3,(H2,26,27,30)/b15-11+,17-12+. The third-order valence-corrected chi connectivity index (χ3v) is 4.63. The first-order valence-corrected chi connectivity index (χ1v) is 10.3. The van der Waals surface area contributed by atoms with E-state index in [2.05, 4.69) is 37.3 Å². The van der Waals surface area contributed by atoms with Gasteiger partial charge in [-0.05, 0) is 31.2 Å². The van der Waals surface area contributed by atoms with E-state index in [0.29, 0.717) is 22.3 Å². The first-order valence-electron chi connectivity index (χ1n) is 9.52. The Balaban J connectivity index is 2.29. The van der Waals surface area contributed by atoms with E-state index in [1.165, 1.54) is 6.08 Å². The maximum absolute atomic E-state index is 12.6. The zero-order chi connectivity index (χ0) is 23.2. The highest BCUT2D eigenvalue weighted by Gasteiger charge is 2.21. The average molecular weight is 461 g/mol. The number of allylic oxidation sites excluding steroid dienone is 4. The van der Waals surface area contributed by atoms with Gasteiger partial charge < -0.3 is 10.1 Å². The number of hydrogen-bond acceptors (Lipinski definition) is 3. The molecule has 0 bridgehead atoms. The predicted molar refractivity (Wildman–Crippen MR) is 127 cm³/mol. The van der Waals surface area contributed by atoms with Gasteiger partial charge in [-0.1, -0.05) is 44.4 Å². The van der Waals surface area contributed by atoms with Gasteiger partial charge >= 0.3 is 6.03 Å². The summed E-state index contributed by atoms with van der Waals surface area (Å²) in [6.45, 7) is 7.86. The van der Waals surface area contributed by atoms with Crippen LogP contribution in [-0.4, -0.2) is 28.3 Å². The van der Waals surface area contributed by atoms with Crippen LogP contribution in [0.2, 0.25) is 0 Å². The van der Waals surface area contributed by atoms with Gasteiger partial charge in [0.2, 0.25) is 0 Å². The molecule has 2 aromatic rings. The number of benzene rings is 1. The molecule has 0 fully saturated rings. The molecule has 0 saturated heterocycles. The minimum Gasteiger partial charge on any atom is -0.497 e. The van der Waals surface area contributed by atoms with E-state index in [1.807, 2.05) is 30.3 Å². The number of halogens is 2. The summed E-state index contributed by atoms with van der Waals surface area (Å²) in [6.07, 6.45) is 8.29. The van der Waals surface area contributed by atoms with E-state index in [1.54, 1.807) is 24.8 Å². The van der Waals surface area contributed by atoms with Gasteiger partial charge in [0.05, 0.1) is 18.5 Å². The van der Waals surface area contributed by atoms with Crippen molar-refractivity contribution in [2.45, 2.75) is 38.5 Å². The van der Waals surface area contributed by atoms with Gasteiger partial charge in [0, 0.05) is 28.3 Å². The first-order chi connectivity index (χ1) is 14.5. The Morgan fingerprint density at radius 1 is 1.35 bits per heavy atom. The topological polar surface area (TPSA) is 68.2 Å². The van der Waals surface area contributed by atoms with Crippen LogP contribution < -0.4 is 15.4 Å². The second-order valence-corrected chi connectivity index (χ2v) is 8.71. The second kappa shape index (κ2) is 10.4. The van der Waals surface area contributed by atoms with Gasteiger partial charge in [0.25, 0.3) is 0 Å². The number of carbonyl (C=O) groups is 1. The molecule has 31 heavy (non-hydrogen) atoms. The highest BCUT2D eigenvalue weighted by atomic mass is 35.5. The summed E-state index contributed by atoms with van der Waals surface area (Å²) in [4.78, 5) is 12.6. The third-order valence-electron chi connectivity index (χ3n) is 4.15. The van der Waals surface area contributed by atoms with Crippen molar-refractivity contribution in [3.8, 4) is 23.8 Å². The van der Waals surface area contributed by atoms with E-state index in [4.69, 9.17) is 39.5 Å². The molecular formula is C23H26Cl2N4O2. The largest absolute Gasteiger partial charge is 0.497 e. The lowest BCUT2D eigenvalue weighted by molar-refractivity contribution is 0.254. The summed E-state index contributed by atoms with van der Waals surface area (Å²) in [5.74, 6) is 3.54. The van der Waals surface area contributed by atoms with E-state index < -0.39 is 11.4 Å². The number of methoxy groups -OCH3 is 1. The number of aromatic nitrogens is 2. The fraction of sp³-hybridized carbons (Fsp3) is 0.304. The SMILES string of the molecule is C#CC(Cl)/C=C(Cl)\C=C(/C)NC(=O)Nc1cc(C(C)(C)C)nn1-c1cccc(OC)c1. The van der Waals surface area contributed by atoms with Crippen LogP contribution in [0.3, 0.4) is 0 Å². The Morgan fingerprint density at radius 2 is 2.06 bits per heavy atom. The van der Waals surface area contributed by atoms with Crippen LogP contribution in [0.4, 0.5) is 10.6 Å². The summed E-state index contributed by atoms with van der Waals surface area (Å²) >= 11 is 11.9. The van der Waals surface area contributed by atoms with E-state index in [-0.39, 0.29) is 5.41 Å². The number of amides is 2. The van der Waals surface area contributed by atoms with Crippen molar-refractivity contribution in [3.05, 3.63) is 58.9 Å². The average Bonchev–Trinajstić information content (AvgIpc) is 3.11. The minimum atomic E-state index is -0.626. The number of nitrogens with zero attached hydrogens (tertiary/aromatic N) is 2. The van der Waals surface area contributed by atoms with Crippen molar-refractivity contribution in [1.82, 2.24) is 15.1 Å². The zero-order valence-electron chi connectivity index (χ0n) is 18.2. The van der Waals surface area contributed by atoms with E-state index >= 15 is 0 Å². The van der Waals surface area contributed by atoms with Crippen LogP contribution in [0.15, 0.2) is 53.2 Å². The van der Waals surface area contributed by atoms with Crippen molar-refractivity contribution >= 4 is 35.1 Å². The highest BCUT2D eigenvalue weighted by molar-refractivity contribution is 6.32. The minimum absolute atomic E-state index is 0.208. The fourth-order valence-electron chi connectivity index (χ4n) is 2.58. The van der Waals surface area contributed by atoms with Crippen molar-refractivity contribution in [2.24, 2.45) is 0 Å². The Labute approximate surface area is 193 Å². The smallest absolute Gasteiger partial charge is 0.324 e. The molecule has 1 heterocycles. The van der Waals surface area contributed by atoms with Crippen LogP contribution in [-0.2, 0) is 5.41 Å². The lowest BCUT2D eigenvalue weighted by atomic mass is 9.92. The quantitative estimate of drug-likeness (QED) is 0.336. The fourth-order valence-corrected chi connectivity index (χ4v) is 3.07. The molecule has 0 aliphatic rings. The molecule has 164 valence electrons. The molecule has 0 saturated carbocycles. The van der Waals surface area contributed by atoms with Crippen molar-refractivity contribution < 1.29 is 9.53 Å². The summed E-state index contributed by atoms with van der Waals surface area (Å²) in [5.41, 5.74) is 1.89. The van der Waals surface area contributed by atoms with Crippen molar-refractivity contribution in [1.29, 1.82) is 0 Å². The number of alkyl halides is 1. The highest BCUT2D eigenvalue weighted by Crippen LogP contribution is 2.27. The number of rotatable bonds is 6. The van der Waals surface area contributed by atoms with Gasteiger partial charge in [0.15, 0.2) is 0 Å². The maximum atomic E-state index is 12.6. The predicted octanol–water partition coefficient (Wildman–Crippen LogP) is 5.57. The molecule has 2 amide bonds. The number of urea groups is 1. The second-order valence-electron chi connectivity index (χ2n) is 7.80. The normalized spacial score (nSPS) is 13.4. The molecule has 0 radical (unpaired) electrons. The maximum Gasteiger partial charge on any atom is 0.324 e. The molecule has 1 atom stereocenters. The van der Waals surface area contributed by atoms with Gasteiger partial charge in [-0.2, -0.15) is 5.10 Å². The van der Waals surface area contributed by atoms with Crippen LogP contribution in [0.1, 0.15) is 33.4 Å². The molecule has 8 heteroatoms. The van der Waals surface area contributed by atoms with Crippen molar-refractivity contribution in [2.75, 3.05) is 12.4 Å². The summed E-state index contributed by atoms with van der Waals surface area (Å²) in [6, 6.07) is 8.82. The van der Waals surface area contributed by atoms with Crippen LogP contribution >= 0.6 is 23.2 Å². The van der Waals surface area contributed by atoms with Crippen molar-refractivity contribution in [3.63, 3.8) is 0 Å². The number of nitrogens with one attached hydrogen (secondary N) is 2. The molecule has 1 aromatic carbocycles. The summed E-state index contributed by atoms with van der Waals surface area (Å²) in [7, 11) is 1.60. The lowest BCUT2D eigenvalue weighted by Crippen LogP contribution is -2.28. The molecule has 2 N–H and O–H groups in total. The molecule has 2 rings (SSSR count). The molecule has 0 aliphatic heterocycles. The number of anilines is 1. The van der Waals surface area contributed by atoms with E-state index in [0.717, 1.165) is 11.4 Å². The summed E-state index contributed by atoms with van der Waals surface area (Å²) in [5, 5.41) is 9.96. The molecule has 0 spiro atoms. The number of hydrogen-bond donors (Lipinski definition) is 2. The Hall–Kier alpha value is -2.88. The number of terminal acetylenes is 1. The third kappa shape index (κ3) is 7.09. The van der Waals surface area contributed by atoms with Gasteiger partial charge in [-0.15, -0.1) is 18.0 Å². The van der Waals surface area contributed by atoms with Gasteiger partial charge in [-0.3, -0.25) is 5.32 Å². The van der Waals surface area contributed by atoms with Crippen LogP contribution in [0.5, 0.6) is 5.75 Å². The number of ether oxygens (including phenoxy) is 1. The molecule has 0 aliphatic carbocycles. The lowest BCUT2D eigenvalue weighted by Gasteiger charge is -2.14. The van der Waals surface area contributed by atoms with Crippen LogP contribution in [0.25, 0.3) is 5.69 Å². The van der Waals surface area contributed by atoms with E-state index in [9.17, 15) is 4.79 Å². The molecule has 1 aromatic heterocycles. The van der Waals surface area contributed by atoms with Gasteiger partial charge in [-0.25, -0.2) is 9.48 Å². The zero-order valence-corrected chi connectivity index (χ0v) is 19.7.